The van der Waals surface area contributed by atoms with E-state index in [4.69, 9.17) is 5.41 Å². The number of nitrogens with zero attached hydrogens (tertiary/aromatic N) is 1. The van der Waals surface area contributed by atoms with Crippen LogP contribution in [0.3, 0.4) is 0 Å². The summed E-state index contributed by atoms with van der Waals surface area (Å²) in [7, 11) is 0. The van der Waals surface area contributed by atoms with Gasteiger partial charge >= 0.3 is 0 Å². The Hall–Kier alpha value is -1.38. The van der Waals surface area contributed by atoms with E-state index in [-0.39, 0.29) is 11.4 Å². The van der Waals surface area contributed by atoms with E-state index in [0.717, 1.165) is 36.9 Å². The standard InChI is InChI=1S/C15H21FN2/c1-4-15(5-2,6-3)18-10-11-7-8-12(16)9-13(11)14(18)17/h7-9,17H,4-6,10H2,1-3H3. The Morgan fingerprint density at radius 1 is 1.22 bits per heavy atom. The van der Waals surface area contributed by atoms with Gasteiger partial charge in [-0.1, -0.05) is 26.8 Å². The molecule has 0 spiro atoms. The Morgan fingerprint density at radius 2 is 1.83 bits per heavy atom. The summed E-state index contributed by atoms with van der Waals surface area (Å²) in [6.45, 7) is 7.25. The molecule has 18 heavy (non-hydrogen) atoms. The van der Waals surface area contributed by atoms with Crippen molar-refractivity contribution in [2.45, 2.75) is 52.1 Å². The number of amidine groups is 1. The second-order valence-electron chi connectivity index (χ2n) is 5.02. The summed E-state index contributed by atoms with van der Waals surface area (Å²) in [5, 5.41) is 8.31. The quantitative estimate of drug-likeness (QED) is 0.858. The summed E-state index contributed by atoms with van der Waals surface area (Å²) in [6, 6.07) is 4.79. The number of hydrogen-bond acceptors (Lipinski definition) is 1. The molecule has 0 radical (unpaired) electrons. The molecule has 0 bridgehead atoms. The Kier molecular flexibility index (Phi) is 3.42. The first kappa shape index (κ1) is 13.1. The van der Waals surface area contributed by atoms with Gasteiger partial charge in [-0.15, -0.1) is 0 Å². The van der Waals surface area contributed by atoms with Gasteiger partial charge in [-0.25, -0.2) is 4.39 Å². The Labute approximate surface area is 108 Å². The number of benzene rings is 1. The first-order chi connectivity index (χ1) is 8.57. The molecule has 2 nitrogen and oxygen atoms in total. The van der Waals surface area contributed by atoms with E-state index < -0.39 is 0 Å². The van der Waals surface area contributed by atoms with Crippen molar-refractivity contribution in [3.8, 4) is 0 Å². The third-order valence-electron chi connectivity index (χ3n) is 4.47. The molecule has 1 heterocycles. The van der Waals surface area contributed by atoms with Crippen LogP contribution in [-0.4, -0.2) is 16.3 Å². The molecule has 1 aliphatic heterocycles. The minimum absolute atomic E-state index is 0.0343. The van der Waals surface area contributed by atoms with E-state index in [1.54, 1.807) is 0 Å². The SMILES string of the molecule is CCC(CC)(CC)N1Cc2ccc(F)cc2C1=N. The summed E-state index contributed by atoms with van der Waals surface area (Å²) >= 11 is 0. The molecule has 0 aromatic heterocycles. The van der Waals surface area contributed by atoms with E-state index in [1.807, 2.05) is 6.07 Å². The Morgan fingerprint density at radius 3 is 2.39 bits per heavy atom. The Bertz CT molecular complexity index is 455. The molecule has 2 rings (SSSR count). The first-order valence-electron chi connectivity index (χ1n) is 6.73. The van der Waals surface area contributed by atoms with Gasteiger partial charge in [0.25, 0.3) is 0 Å². The first-order valence-corrected chi connectivity index (χ1v) is 6.73. The second-order valence-corrected chi connectivity index (χ2v) is 5.02. The van der Waals surface area contributed by atoms with Gasteiger partial charge in [-0.2, -0.15) is 0 Å². The molecule has 3 heteroatoms. The molecule has 0 aliphatic carbocycles. The molecule has 0 atom stereocenters. The van der Waals surface area contributed by atoms with Crippen LogP contribution in [0.4, 0.5) is 4.39 Å². The molecule has 0 unspecified atom stereocenters. The Balaban J connectivity index is 2.39. The van der Waals surface area contributed by atoms with Crippen molar-refractivity contribution in [2.24, 2.45) is 0 Å². The number of halogens is 1. The van der Waals surface area contributed by atoms with Gasteiger partial charge < -0.3 is 4.90 Å². The molecule has 1 aromatic carbocycles. The van der Waals surface area contributed by atoms with Gasteiger partial charge in [0.2, 0.25) is 0 Å². The number of hydrogen-bond donors (Lipinski definition) is 1. The van der Waals surface area contributed by atoms with E-state index in [0.29, 0.717) is 5.84 Å². The van der Waals surface area contributed by atoms with E-state index in [2.05, 4.69) is 25.7 Å². The molecule has 0 saturated heterocycles. The molecular formula is C15H21FN2. The lowest BCUT2D eigenvalue weighted by Gasteiger charge is -2.41. The second kappa shape index (κ2) is 4.71. The minimum atomic E-state index is -0.254. The van der Waals surface area contributed by atoms with Crippen molar-refractivity contribution in [2.75, 3.05) is 0 Å². The number of fused-ring (bicyclic) bond motifs is 1. The van der Waals surface area contributed by atoms with E-state index in [9.17, 15) is 4.39 Å². The van der Waals surface area contributed by atoms with Crippen LogP contribution in [0.25, 0.3) is 0 Å². The highest BCUT2D eigenvalue weighted by molar-refractivity contribution is 6.00. The number of nitrogens with one attached hydrogen (secondary N) is 1. The third-order valence-corrected chi connectivity index (χ3v) is 4.47. The summed E-state index contributed by atoms with van der Waals surface area (Å²) in [5.41, 5.74) is 1.86. The fourth-order valence-corrected chi connectivity index (χ4v) is 3.03. The lowest BCUT2D eigenvalue weighted by atomic mass is 9.88. The van der Waals surface area contributed by atoms with Crippen molar-refractivity contribution in [1.82, 2.24) is 4.90 Å². The predicted octanol–water partition coefficient (Wildman–Crippen LogP) is 3.94. The van der Waals surface area contributed by atoms with Crippen LogP contribution in [0.5, 0.6) is 0 Å². The monoisotopic (exact) mass is 248 g/mol. The maximum absolute atomic E-state index is 13.3. The molecule has 1 aliphatic rings. The van der Waals surface area contributed by atoms with Crippen LogP contribution in [0.1, 0.15) is 51.2 Å². The van der Waals surface area contributed by atoms with Crippen molar-refractivity contribution in [3.63, 3.8) is 0 Å². The maximum atomic E-state index is 13.3. The molecule has 1 N–H and O–H groups in total. The molecular weight excluding hydrogens is 227 g/mol. The zero-order valence-electron chi connectivity index (χ0n) is 11.4. The summed E-state index contributed by atoms with van der Waals surface area (Å²) < 4.78 is 13.3. The zero-order chi connectivity index (χ0) is 13.3. The smallest absolute Gasteiger partial charge is 0.129 e. The highest BCUT2D eigenvalue weighted by Crippen LogP contribution is 2.35. The van der Waals surface area contributed by atoms with Gasteiger partial charge in [-0.3, -0.25) is 5.41 Å². The average Bonchev–Trinajstić information content (AvgIpc) is 2.71. The molecule has 0 saturated carbocycles. The van der Waals surface area contributed by atoms with Gasteiger partial charge in [0.1, 0.15) is 11.7 Å². The molecule has 1 aromatic rings. The highest BCUT2D eigenvalue weighted by atomic mass is 19.1. The molecule has 0 amide bonds. The third kappa shape index (κ3) is 1.82. The van der Waals surface area contributed by atoms with Crippen molar-refractivity contribution in [3.05, 3.63) is 35.1 Å². The van der Waals surface area contributed by atoms with Gasteiger partial charge in [-0.05, 0) is 37.0 Å². The van der Waals surface area contributed by atoms with Gasteiger partial charge in [0.15, 0.2) is 0 Å². The maximum Gasteiger partial charge on any atom is 0.129 e. The largest absolute Gasteiger partial charge is 0.347 e. The summed E-state index contributed by atoms with van der Waals surface area (Å²) in [5.74, 6) is 0.227. The van der Waals surface area contributed by atoms with Crippen LogP contribution in [0.15, 0.2) is 18.2 Å². The summed E-state index contributed by atoms with van der Waals surface area (Å²) in [6.07, 6.45) is 3.04. The summed E-state index contributed by atoms with van der Waals surface area (Å²) in [4.78, 5) is 2.15. The van der Waals surface area contributed by atoms with Gasteiger partial charge in [0.05, 0.1) is 0 Å². The van der Waals surface area contributed by atoms with Crippen LogP contribution >= 0.6 is 0 Å². The normalized spacial score (nSPS) is 15.1. The number of rotatable bonds is 4. The van der Waals surface area contributed by atoms with Crippen LogP contribution in [0, 0.1) is 11.2 Å². The predicted molar refractivity (Wildman–Crippen MR) is 72.4 cm³/mol. The lowest BCUT2D eigenvalue weighted by molar-refractivity contribution is 0.150. The van der Waals surface area contributed by atoms with Crippen LogP contribution in [-0.2, 0) is 6.54 Å². The van der Waals surface area contributed by atoms with E-state index in [1.165, 1.54) is 12.1 Å². The molecule has 98 valence electrons. The van der Waals surface area contributed by atoms with Crippen LogP contribution < -0.4 is 0 Å². The van der Waals surface area contributed by atoms with Crippen molar-refractivity contribution in [1.29, 1.82) is 5.41 Å². The lowest BCUT2D eigenvalue weighted by Crippen LogP contribution is -2.47. The van der Waals surface area contributed by atoms with Crippen molar-refractivity contribution < 1.29 is 4.39 Å². The minimum Gasteiger partial charge on any atom is -0.347 e. The van der Waals surface area contributed by atoms with Crippen molar-refractivity contribution >= 4 is 5.84 Å². The fraction of sp³-hybridized carbons (Fsp3) is 0.533. The van der Waals surface area contributed by atoms with Gasteiger partial charge in [0, 0.05) is 17.6 Å². The highest BCUT2D eigenvalue weighted by Gasteiger charge is 2.38. The van der Waals surface area contributed by atoms with E-state index >= 15 is 0 Å². The average molecular weight is 248 g/mol. The fourth-order valence-electron chi connectivity index (χ4n) is 3.03. The topological polar surface area (TPSA) is 27.1 Å². The molecule has 0 fully saturated rings. The zero-order valence-corrected chi connectivity index (χ0v) is 11.4. The van der Waals surface area contributed by atoms with Crippen LogP contribution in [0.2, 0.25) is 0 Å².